The summed E-state index contributed by atoms with van der Waals surface area (Å²) in [5.41, 5.74) is 0.935. The lowest BCUT2D eigenvalue weighted by atomic mass is 10.1. The van der Waals surface area contributed by atoms with Crippen molar-refractivity contribution in [1.29, 1.82) is 0 Å². The monoisotopic (exact) mass is 385 g/mol. The fourth-order valence-corrected chi connectivity index (χ4v) is 2.58. The highest BCUT2D eigenvalue weighted by molar-refractivity contribution is 6.36. The molecule has 0 heterocycles. The minimum absolute atomic E-state index is 0.0892. The summed E-state index contributed by atoms with van der Waals surface area (Å²) in [7, 11) is 0. The molecule has 0 fully saturated rings. The highest BCUT2D eigenvalue weighted by atomic mass is 35.5. The fraction of sp³-hybridized carbons (Fsp3) is 0.0667. The van der Waals surface area contributed by atoms with E-state index in [2.05, 4.69) is 10.2 Å². The van der Waals surface area contributed by atoms with Gasteiger partial charge >= 0.3 is 0 Å². The highest BCUT2D eigenvalue weighted by Crippen LogP contribution is 2.30. The van der Waals surface area contributed by atoms with Crippen LogP contribution < -0.4 is 0 Å². The third kappa shape index (κ3) is 4.23. The van der Waals surface area contributed by atoms with Gasteiger partial charge in [0.15, 0.2) is 0 Å². The van der Waals surface area contributed by atoms with Crippen LogP contribution in [0.1, 0.15) is 18.1 Å². The van der Waals surface area contributed by atoms with E-state index in [-0.39, 0.29) is 22.0 Å². The summed E-state index contributed by atoms with van der Waals surface area (Å²) in [5.74, 6) is -0.175. The summed E-state index contributed by atoms with van der Waals surface area (Å²) in [6.45, 7) is 1.60. The van der Waals surface area contributed by atoms with Crippen molar-refractivity contribution < 1.29 is 10.0 Å². The Bertz CT molecular complexity index is 867. The van der Waals surface area contributed by atoms with Crippen LogP contribution in [0.5, 0.6) is 5.75 Å². The van der Waals surface area contributed by atoms with E-state index in [4.69, 9.17) is 34.8 Å². The standard InChI is InChI=1S/C15H10Cl3N3O3/c1-8(12-6-11(21(23)24)2-3-13(12)17)20-19-7-9-4-10(16)5-14(18)15(9)22/h2-7,22H,1H3/b19-7+,20-8?. The molecular formula is C15H10Cl3N3O3. The third-order valence-electron chi connectivity index (χ3n) is 3.01. The van der Waals surface area contributed by atoms with Gasteiger partial charge in [-0.15, -0.1) is 0 Å². The quantitative estimate of drug-likeness (QED) is 0.450. The molecule has 0 unspecified atom stereocenters. The van der Waals surface area contributed by atoms with Crippen LogP contribution in [0.2, 0.25) is 15.1 Å². The lowest BCUT2D eigenvalue weighted by Gasteiger charge is -2.03. The predicted molar refractivity (Wildman–Crippen MR) is 96.0 cm³/mol. The fourth-order valence-electron chi connectivity index (χ4n) is 1.82. The average molecular weight is 387 g/mol. The molecule has 1 N–H and O–H groups in total. The second-order valence-corrected chi connectivity index (χ2v) is 5.93. The molecule has 0 radical (unpaired) electrons. The Labute approximate surface area is 152 Å². The van der Waals surface area contributed by atoms with Gasteiger partial charge in [-0.3, -0.25) is 10.1 Å². The minimum atomic E-state index is -0.525. The van der Waals surface area contributed by atoms with Crippen LogP contribution in [-0.2, 0) is 0 Å². The number of rotatable bonds is 4. The lowest BCUT2D eigenvalue weighted by molar-refractivity contribution is -0.384. The number of phenolic OH excluding ortho intramolecular Hbond substituents is 1. The normalized spacial score (nSPS) is 11.9. The van der Waals surface area contributed by atoms with Gasteiger partial charge in [-0.05, 0) is 25.1 Å². The second-order valence-electron chi connectivity index (χ2n) is 4.68. The molecule has 0 aromatic heterocycles. The number of halogens is 3. The SMILES string of the molecule is CC(=N/N=C/c1cc(Cl)cc(Cl)c1O)c1cc([N+](=O)[O-])ccc1Cl. The molecule has 0 aliphatic rings. The van der Waals surface area contributed by atoms with Crippen molar-refractivity contribution in [2.45, 2.75) is 6.92 Å². The number of nitrogens with zero attached hydrogens (tertiary/aromatic N) is 3. The summed E-state index contributed by atoms with van der Waals surface area (Å²) in [6, 6.07) is 6.89. The molecule has 124 valence electrons. The number of hydrogen-bond acceptors (Lipinski definition) is 5. The van der Waals surface area contributed by atoms with Gasteiger partial charge in [0.1, 0.15) is 5.75 Å². The molecule has 9 heteroatoms. The van der Waals surface area contributed by atoms with E-state index in [0.29, 0.717) is 21.3 Å². The van der Waals surface area contributed by atoms with Gasteiger partial charge in [-0.2, -0.15) is 10.2 Å². The molecule has 2 aromatic rings. The first-order chi connectivity index (χ1) is 11.3. The van der Waals surface area contributed by atoms with Crippen molar-refractivity contribution in [1.82, 2.24) is 0 Å². The van der Waals surface area contributed by atoms with Crippen LogP contribution in [-0.4, -0.2) is 22.0 Å². The predicted octanol–water partition coefficient (Wildman–Crippen LogP) is 5.10. The van der Waals surface area contributed by atoms with Crippen molar-refractivity contribution in [3.8, 4) is 5.75 Å². The summed E-state index contributed by atoms with van der Waals surface area (Å²) in [5, 5.41) is 29.1. The molecule has 2 rings (SSSR count). The van der Waals surface area contributed by atoms with Crippen LogP contribution in [0.25, 0.3) is 0 Å². The molecule has 6 nitrogen and oxygen atoms in total. The zero-order valence-electron chi connectivity index (χ0n) is 12.2. The Kier molecular flexibility index (Phi) is 5.77. The Hall–Kier alpha value is -2.15. The maximum absolute atomic E-state index is 10.8. The van der Waals surface area contributed by atoms with E-state index in [1.807, 2.05) is 0 Å². The van der Waals surface area contributed by atoms with Crippen LogP contribution in [0.15, 0.2) is 40.5 Å². The van der Waals surface area contributed by atoms with Gasteiger partial charge in [0.25, 0.3) is 5.69 Å². The number of phenols is 1. The molecule has 0 saturated heterocycles. The lowest BCUT2D eigenvalue weighted by Crippen LogP contribution is -1.98. The van der Waals surface area contributed by atoms with E-state index < -0.39 is 4.92 Å². The summed E-state index contributed by atoms with van der Waals surface area (Å²) in [6.07, 6.45) is 1.27. The van der Waals surface area contributed by atoms with Crippen LogP contribution in [0, 0.1) is 10.1 Å². The summed E-state index contributed by atoms with van der Waals surface area (Å²) in [4.78, 5) is 10.3. The molecule has 0 bridgehead atoms. The molecule has 24 heavy (non-hydrogen) atoms. The van der Waals surface area contributed by atoms with E-state index in [1.54, 1.807) is 6.92 Å². The van der Waals surface area contributed by atoms with Crippen molar-refractivity contribution in [2.75, 3.05) is 0 Å². The van der Waals surface area contributed by atoms with E-state index in [9.17, 15) is 15.2 Å². The summed E-state index contributed by atoms with van der Waals surface area (Å²) < 4.78 is 0. The number of aromatic hydroxyl groups is 1. The first kappa shape index (κ1) is 18.2. The third-order valence-corrected chi connectivity index (χ3v) is 3.85. The van der Waals surface area contributed by atoms with E-state index in [1.165, 1.54) is 36.5 Å². The molecule has 0 atom stereocenters. The maximum Gasteiger partial charge on any atom is 0.270 e. The van der Waals surface area contributed by atoms with Crippen molar-refractivity contribution in [3.05, 3.63) is 66.6 Å². The zero-order chi connectivity index (χ0) is 17.9. The number of nitro groups is 1. The van der Waals surface area contributed by atoms with Crippen molar-refractivity contribution in [3.63, 3.8) is 0 Å². The average Bonchev–Trinajstić information content (AvgIpc) is 2.51. The van der Waals surface area contributed by atoms with Gasteiger partial charge in [0.2, 0.25) is 0 Å². The number of nitro benzene ring substituents is 1. The molecule has 0 amide bonds. The Morgan fingerprint density at radius 3 is 2.58 bits per heavy atom. The number of non-ortho nitro benzene ring substituents is 1. The molecule has 2 aromatic carbocycles. The van der Waals surface area contributed by atoms with Crippen LogP contribution in [0.3, 0.4) is 0 Å². The van der Waals surface area contributed by atoms with Crippen molar-refractivity contribution >= 4 is 52.4 Å². The molecule has 0 aliphatic heterocycles. The van der Waals surface area contributed by atoms with E-state index >= 15 is 0 Å². The zero-order valence-corrected chi connectivity index (χ0v) is 14.5. The Morgan fingerprint density at radius 2 is 1.92 bits per heavy atom. The van der Waals surface area contributed by atoms with Gasteiger partial charge in [-0.25, -0.2) is 0 Å². The van der Waals surface area contributed by atoms with Crippen LogP contribution >= 0.6 is 34.8 Å². The number of benzene rings is 2. The smallest absolute Gasteiger partial charge is 0.270 e. The Morgan fingerprint density at radius 1 is 1.21 bits per heavy atom. The Balaban J connectivity index is 2.33. The number of hydrogen-bond donors (Lipinski definition) is 1. The van der Waals surface area contributed by atoms with Gasteiger partial charge in [0.05, 0.1) is 26.9 Å². The summed E-state index contributed by atoms with van der Waals surface area (Å²) >= 11 is 17.7. The highest BCUT2D eigenvalue weighted by Gasteiger charge is 2.12. The first-order valence-corrected chi connectivity index (χ1v) is 7.63. The van der Waals surface area contributed by atoms with Gasteiger partial charge < -0.3 is 5.11 Å². The molecular weight excluding hydrogens is 377 g/mol. The first-order valence-electron chi connectivity index (χ1n) is 6.49. The topological polar surface area (TPSA) is 88.1 Å². The largest absolute Gasteiger partial charge is 0.506 e. The second kappa shape index (κ2) is 7.61. The molecule has 0 saturated carbocycles. The van der Waals surface area contributed by atoms with Gasteiger partial charge in [0, 0.05) is 28.3 Å². The molecule has 0 aliphatic carbocycles. The van der Waals surface area contributed by atoms with Crippen molar-refractivity contribution in [2.24, 2.45) is 10.2 Å². The molecule has 0 spiro atoms. The minimum Gasteiger partial charge on any atom is -0.506 e. The van der Waals surface area contributed by atoms with Crippen LogP contribution in [0.4, 0.5) is 5.69 Å². The maximum atomic E-state index is 10.8. The van der Waals surface area contributed by atoms with Gasteiger partial charge in [-0.1, -0.05) is 34.8 Å². The van der Waals surface area contributed by atoms with E-state index in [0.717, 1.165) is 0 Å².